The first-order valence-electron chi connectivity index (χ1n) is 3.52. The van der Waals surface area contributed by atoms with Gasteiger partial charge in [-0.05, 0) is 5.04 Å². The maximum Gasteiger partial charge on any atom is 0.368 e. The Hall–Kier alpha value is 0.0338. The summed E-state index contributed by atoms with van der Waals surface area (Å²) in [4.78, 5) is 0. The highest BCUT2D eigenvalue weighted by Gasteiger charge is 2.34. The van der Waals surface area contributed by atoms with Crippen molar-refractivity contribution in [3.8, 4) is 0 Å². The van der Waals surface area contributed by atoms with Gasteiger partial charge in [0.15, 0.2) is 0 Å². The molecule has 0 radical (unpaired) electrons. The molecule has 0 aromatic rings. The smallest absolute Gasteiger partial charge is 0.368 e. The fraction of sp³-hybridized carbons (Fsp3) is 1.00. The monoisotopic (exact) mass is 175 g/mol. The second kappa shape index (κ2) is 2.96. The molecule has 2 nitrogen and oxygen atoms in total. The van der Waals surface area contributed by atoms with Crippen LogP contribution in [0, 0.1) is 0 Å². The van der Waals surface area contributed by atoms with Gasteiger partial charge < -0.3 is 9.11 Å². The number of hydrogen-bond acceptors (Lipinski definition) is 1. The summed E-state index contributed by atoms with van der Waals surface area (Å²) < 4.78 is 13.5. The minimum absolute atomic E-state index is 0.296. The first kappa shape index (κ1) is 10.0. The maximum atomic E-state index is 10.4. The zero-order valence-electron chi connectivity index (χ0n) is 7.49. The fourth-order valence-corrected chi connectivity index (χ4v) is 3.27. The van der Waals surface area contributed by atoms with Crippen molar-refractivity contribution >= 4 is 17.8 Å². The van der Waals surface area contributed by atoms with E-state index in [1.54, 1.807) is 0 Å². The van der Waals surface area contributed by atoms with Crippen LogP contribution in [0.25, 0.3) is 0 Å². The summed E-state index contributed by atoms with van der Waals surface area (Å²) in [5.41, 5.74) is 0. The predicted molar refractivity (Wildman–Crippen MR) is 48.2 cm³/mol. The molecule has 0 aromatic carbocycles. The topological polar surface area (TPSA) is 29.1 Å². The van der Waals surface area contributed by atoms with E-state index < -0.39 is 17.8 Å². The second-order valence-corrected chi connectivity index (χ2v) is 10.3. The van der Waals surface area contributed by atoms with Gasteiger partial charge in [0.05, 0.1) is 0 Å². The van der Waals surface area contributed by atoms with E-state index in [0.717, 1.165) is 0 Å². The second-order valence-electron chi connectivity index (χ2n) is 4.14. The molecule has 0 heterocycles. The average molecular weight is 175 g/mol. The van der Waals surface area contributed by atoms with Crippen molar-refractivity contribution in [1.82, 2.24) is 4.65 Å². The summed E-state index contributed by atoms with van der Waals surface area (Å²) in [6, 6.07) is 0. The molecule has 0 aliphatic carbocycles. The fourth-order valence-electron chi connectivity index (χ4n) is 0.364. The highest BCUT2D eigenvalue weighted by atomic mass is 28.4. The molecule has 0 spiro atoms. The van der Waals surface area contributed by atoms with Crippen LogP contribution in [0.1, 0.15) is 20.8 Å². The van der Waals surface area contributed by atoms with Gasteiger partial charge >= 0.3 is 9.57 Å². The van der Waals surface area contributed by atoms with Crippen molar-refractivity contribution in [2.24, 2.45) is 0 Å². The van der Waals surface area contributed by atoms with Crippen LogP contribution in [0.2, 0.25) is 18.1 Å². The van der Waals surface area contributed by atoms with E-state index in [9.17, 15) is 4.46 Å². The molecule has 4 heteroatoms. The summed E-state index contributed by atoms with van der Waals surface area (Å²) in [5.74, 6) is 0. The number of rotatable bonds is 2. The van der Waals surface area contributed by atoms with Gasteiger partial charge in [-0.2, -0.15) is 0 Å². The zero-order chi connectivity index (χ0) is 8.41. The van der Waals surface area contributed by atoms with E-state index in [0.29, 0.717) is 5.04 Å². The molecule has 0 aliphatic heterocycles. The van der Waals surface area contributed by atoms with Gasteiger partial charge in [-0.1, -0.05) is 33.9 Å². The van der Waals surface area contributed by atoms with E-state index in [1.807, 2.05) is 0 Å². The first-order chi connectivity index (χ1) is 4.31. The van der Waals surface area contributed by atoms with Gasteiger partial charge in [-0.15, -0.1) is 0 Å². The summed E-state index contributed by atoms with van der Waals surface area (Å²) in [7, 11) is -2.21. The Bertz CT molecular complexity index is 128. The Morgan fingerprint density at radius 3 is 1.80 bits per heavy atom. The minimum Gasteiger partial charge on any atom is -0.418 e. The molecule has 1 N–H and O–H groups in total. The molecule has 0 saturated heterocycles. The van der Waals surface area contributed by atoms with E-state index in [-0.39, 0.29) is 0 Å². The Morgan fingerprint density at radius 2 is 1.70 bits per heavy atom. The first-order valence-corrected chi connectivity index (χ1v) is 7.57. The minimum atomic E-state index is -1.43. The summed E-state index contributed by atoms with van der Waals surface area (Å²) in [6.45, 7) is 11.0. The maximum absolute atomic E-state index is 10.4. The van der Waals surface area contributed by atoms with Gasteiger partial charge in [-0.25, -0.2) is 0 Å². The van der Waals surface area contributed by atoms with Gasteiger partial charge in [0.25, 0.3) is 0 Å². The molecule has 0 aliphatic rings. The van der Waals surface area contributed by atoms with Crippen molar-refractivity contribution in [1.29, 1.82) is 0 Å². The van der Waals surface area contributed by atoms with Crippen molar-refractivity contribution in [2.75, 3.05) is 0 Å². The van der Waals surface area contributed by atoms with E-state index >= 15 is 0 Å². The summed E-state index contributed by atoms with van der Waals surface area (Å²) in [6.07, 6.45) is 0. The van der Waals surface area contributed by atoms with E-state index in [1.165, 1.54) is 0 Å². The molecular formula is C6H17NOSi2. The van der Waals surface area contributed by atoms with Crippen LogP contribution >= 0.6 is 0 Å². The lowest BCUT2D eigenvalue weighted by Gasteiger charge is -2.35. The van der Waals surface area contributed by atoms with Crippen LogP contribution in [0.15, 0.2) is 0 Å². The Morgan fingerprint density at radius 1 is 1.30 bits per heavy atom. The van der Waals surface area contributed by atoms with Gasteiger partial charge in [0.1, 0.15) is 8.24 Å². The lowest BCUT2D eigenvalue weighted by molar-refractivity contribution is 0.572. The Balaban J connectivity index is 4.23. The normalized spacial score (nSPS) is 12.9. The van der Waals surface area contributed by atoms with Gasteiger partial charge in [0, 0.05) is 0 Å². The molecule has 60 valence electrons. The largest absolute Gasteiger partial charge is 0.418 e. The Kier molecular flexibility index (Phi) is 2.97. The highest BCUT2D eigenvalue weighted by Crippen LogP contribution is 2.33. The van der Waals surface area contributed by atoms with Crippen molar-refractivity contribution in [3.05, 3.63) is 0 Å². The van der Waals surface area contributed by atoms with Crippen LogP contribution in [0.5, 0.6) is 0 Å². The zero-order valence-corrected chi connectivity index (χ0v) is 9.64. The van der Waals surface area contributed by atoms with Gasteiger partial charge in [0.2, 0.25) is 0 Å². The van der Waals surface area contributed by atoms with Crippen LogP contribution in [-0.2, 0) is 4.46 Å². The molecule has 0 rings (SSSR count). The molecule has 0 fully saturated rings. The summed E-state index contributed by atoms with van der Waals surface area (Å²) >= 11 is 0. The number of hydrogen-bond donors (Lipinski definition) is 1. The molecule has 10 heavy (non-hydrogen) atoms. The third-order valence-corrected chi connectivity index (χ3v) is 9.40. The standard InChI is InChI=1S/C6H17NOSi2/c1-6(2,3)10(4,5)7-9-8/h7,9H,1-5H3. The lowest BCUT2D eigenvalue weighted by Crippen LogP contribution is -2.51. The SMILES string of the molecule is CC(C)(C)[Si](C)(C)N[SiH]=O. The molecule has 0 bridgehead atoms. The molecular weight excluding hydrogens is 158 g/mol. The van der Waals surface area contributed by atoms with Crippen LogP contribution in [0.4, 0.5) is 0 Å². The average Bonchev–Trinajstić information content (AvgIpc) is 1.61. The van der Waals surface area contributed by atoms with Gasteiger partial charge in [-0.3, -0.25) is 0 Å². The molecule has 0 atom stereocenters. The van der Waals surface area contributed by atoms with E-state index in [4.69, 9.17) is 0 Å². The van der Waals surface area contributed by atoms with Crippen LogP contribution < -0.4 is 4.65 Å². The van der Waals surface area contributed by atoms with Crippen molar-refractivity contribution in [2.45, 2.75) is 38.9 Å². The molecule has 0 unspecified atom stereocenters. The molecule has 0 aromatic heterocycles. The van der Waals surface area contributed by atoms with Crippen molar-refractivity contribution in [3.63, 3.8) is 0 Å². The third kappa shape index (κ3) is 2.34. The van der Waals surface area contributed by atoms with Crippen LogP contribution in [0.3, 0.4) is 0 Å². The lowest BCUT2D eigenvalue weighted by atomic mass is 10.2. The molecule has 0 saturated carbocycles. The van der Waals surface area contributed by atoms with E-state index in [2.05, 4.69) is 38.5 Å². The number of nitrogens with one attached hydrogen (secondary N) is 1. The predicted octanol–water partition coefficient (Wildman–Crippen LogP) is 1.28. The Labute approximate surface area is 66.5 Å². The highest BCUT2D eigenvalue weighted by molar-refractivity contribution is 6.81. The quantitative estimate of drug-likeness (QED) is 0.641. The van der Waals surface area contributed by atoms with Crippen molar-refractivity contribution < 1.29 is 4.46 Å². The third-order valence-electron chi connectivity index (χ3n) is 2.29. The summed E-state index contributed by atoms with van der Waals surface area (Å²) in [5, 5.41) is 0.296. The van der Waals surface area contributed by atoms with Crippen LogP contribution in [-0.4, -0.2) is 17.8 Å². The molecule has 0 amide bonds.